The fourth-order valence-corrected chi connectivity index (χ4v) is 2.26. The lowest BCUT2D eigenvalue weighted by atomic mass is 10.1. The van der Waals surface area contributed by atoms with Crippen molar-refractivity contribution < 1.29 is 0 Å². The summed E-state index contributed by atoms with van der Waals surface area (Å²) >= 11 is 0. The van der Waals surface area contributed by atoms with Crippen LogP contribution in [0.1, 0.15) is 37.1 Å². The van der Waals surface area contributed by atoms with Crippen molar-refractivity contribution in [2.45, 2.75) is 38.3 Å². The van der Waals surface area contributed by atoms with Crippen molar-refractivity contribution in [1.82, 2.24) is 14.9 Å². The van der Waals surface area contributed by atoms with Crippen LogP contribution in [0.4, 0.5) is 0 Å². The smallest absolute Gasteiger partial charge is 0.176 e. The molecule has 0 radical (unpaired) electrons. The van der Waals surface area contributed by atoms with E-state index in [1.807, 2.05) is 12.1 Å². The van der Waals surface area contributed by atoms with Crippen molar-refractivity contribution in [2.24, 2.45) is 0 Å². The van der Waals surface area contributed by atoms with Gasteiger partial charge < -0.3 is 9.88 Å². The summed E-state index contributed by atoms with van der Waals surface area (Å²) in [4.78, 5) is 3.92. The number of hydrogen-bond acceptors (Lipinski definition) is 4. The average molecular weight is 229 g/mol. The molecular weight excluding hydrogens is 214 g/mol. The van der Waals surface area contributed by atoms with Gasteiger partial charge in [0.15, 0.2) is 11.4 Å². The lowest BCUT2D eigenvalue weighted by molar-refractivity contribution is 0.501. The highest BCUT2D eigenvalue weighted by Crippen LogP contribution is 2.12. The molecule has 88 valence electrons. The van der Waals surface area contributed by atoms with E-state index >= 15 is 0 Å². The molecule has 0 spiro atoms. The average Bonchev–Trinajstić information content (AvgIpc) is 2.97. The summed E-state index contributed by atoms with van der Waals surface area (Å²) in [5.41, 5.74) is 0.610. The van der Waals surface area contributed by atoms with Crippen LogP contribution in [-0.4, -0.2) is 22.1 Å². The van der Waals surface area contributed by atoms with Crippen LogP contribution < -0.4 is 5.32 Å². The molecule has 1 fully saturated rings. The molecule has 5 heteroatoms. The molecule has 1 atom stereocenters. The molecule has 1 saturated heterocycles. The summed E-state index contributed by atoms with van der Waals surface area (Å²) in [6.07, 6.45) is 6.22. The summed E-state index contributed by atoms with van der Waals surface area (Å²) in [5, 5.41) is 21.2. The van der Waals surface area contributed by atoms with Gasteiger partial charge in [0.05, 0.1) is 6.33 Å². The molecule has 17 heavy (non-hydrogen) atoms. The van der Waals surface area contributed by atoms with Gasteiger partial charge in [0, 0.05) is 12.6 Å². The zero-order valence-electron chi connectivity index (χ0n) is 9.69. The van der Waals surface area contributed by atoms with E-state index in [9.17, 15) is 0 Å². The predicted molar refractivity (Wildman–Crippen MR) is 61.9 cm³/mol. The third kappa shape index (κ3) is 2.64. The Morgan fingerprint density at radius 3 is 3.00 bits per heavy atom. The fraction of sp³-hybridized carbons (Fsp3) is 0.583. The van der Waals surface area contributed by atoms with E-state index in [0.29, 0.717) is 11.7 Å². The van der Waals surface area contributed by atoms with Crippen molar-refractivity contribution in [3.63, 3.8) is 0 Å². The van der Waals surface area contributed by atoms with Crippen LogP contribution in [0, 0.1) is 22.7 Å². The molecule has 1 aliphatic rings. The molecule has 1 aromatic heterocycles. The van der Waals surface area contributed by atoms with Gasteiger partial charge in [-0.05, 0) is 32.2 Å². The highest BCUT2D eigenvalue weighted by molar-refractivity contribution is 5.35. The Kier molecular flexibility index (Phi) is 3.74. The maximum atomic E-state index is 8.96. The highest BCUT2D eigenvalue weighted by Gasteiger charge is 2.14. The Bertz CT molecular complexity index is 456. The van der Waals surface area contributed by atoms with Gasteiger partial charge in [-0.25, -0.2) is 4.98 Å². The number of aromatic nitrogens is 2. The number of nitrogens with zero attached hydrogens (tertiary/aromatic N) is 4. The first-order chi connectivity index (χ1) is 8.35. The lowest BCUT2D eigenvalue weighted by Gasteiger charge is -2.10. The Balaban J connectivity index is 1.88. The molecular formula is C12H15N5. The first-order valence-electron chi connectivity index (χ1n) is 5.94. The molecule has 1 aliphatic heterocycles. The second-order valence-electron chi connectivity index (χ2n) is 4.29. The van der Waals surface area contributed by atoms with Gasteiger partial charge in [0.1, 0.15) is 12.1 Å². The number of rotatable bonds is 4. The zero-order valence-corrected chi connectivity index (χ0v) is 9.69. The van der Waals surface area contributed by atoms with Crippen molar-refractivity contribution >= 4 is 0 Å². The van der Waals surface area contributed by atoms with Crippen LogP contribution in [0.3, 0.4) is 0 Å². The number of aryl methyl sites for hydroxylation is 1. The molecule has 1 N–H and O–H groups in total. The van der Waals surface area contributed by atoms with Gasteiger partial charge in [-0.1, -0.05) is 0 Å². The molecule has 0 aromatic carbocycles. The SMILES string of the molecule is N#Cc1ncn(CCCC2CCCN2)c1C#N. The van der Waals surface area contributed by atoms with E-state index in [0.717, 1.165) is 25.9 Å². The number of nitriles is 2. The number of nitrogens with one attached hydrogen (secondary N) is 1. The fourth-order valence-electron chi connectivity index (χ4n) is 2.26. The molecule has 0 bridgehead atoms. The monoisotopic (exact) mass is 229 g/mol. The van der Waals surface area contributed by atoms with E-state index < -0.39 is 0 Å². The van der Waals surface area contributed by atoms with E-state index in [2.05, 4.69) is 10.3 Å². The van der Waals surface area contributed by atoms with Crippen molar-refractivity contribution in [3.05, 3.63) is 17.7 Å². The van der Waals surface area contributed by atoms with Crippen LogP contribution in [0.25, 0.3) is 0 Å². The third-order valence-electron chi connectivity index (χ3n) is 3.16. The number of imidazole rings is 1. The van der Waals surface area contributed by atoms with Gasteiger partial charge in [-0.2, -0.15) is 10.5 Å². The summed E-state index contributed by atoms with van der Waals surface area (Å²) in [5.74, 6) is 0. The maximum Gasteiger partial charge on any atom is 0.176 e. The van der Waals surface area contributed by atoms with E-state index in [1.165, 1.54) is 12.8 Å². The van der Waals surface area contributed by atoms with Crippen molar-refractivity contribution in [1.29, 1.82) is 10.5 Å². The molecule has 0 aliphatic carbocycles. The molecule has 2 rings (SSSR count). The van der Waals surface area contributed by atoms with Crippen LogP contribution in [0.2, 0.25) is 0 Å². The van der Waals surface area contributed by atoms with E-state index in [-0.39, 0.29) is 5.69 Å². The topological polar surface area (TPSA) is 77.4 Å². The first-order valence-corrected chi connectivity index (χ1v) is 5.94. The van der Waals surface area contributed by atoms with Gasteiger partial charge >= 0.3 is 0 Å². The predicted octanol–water partition coefficient (Wildman–Crippen LogP) is 1.16. The zero-order chi connectivity index (χ0) is 12.1. The van der Waals surface area contributed by atoms with Crippen LogP contribution in [-0.2, 0) is 6.54 Å². The van der Waals surface area contributed by atoms with Crippen LogP contribution >= 0.6 is 0 Å². The molecule has 1 aromatic rings. The second-order valence-corrected chi connectivity index (χ2v) is 4.29. The first kappa shape index (κ1) is 11.6. The summed E-state index contributed by atoms with van der Waals surface area (Å²) in [7, 11) is 0. The lowest BCUT2D eigenvalue weighted by Crippen LogP contribution is -2.21. The third-order valence-corrected chi connectivity index (χ3v) is 3.16. The van der Waals surface area contributed by atoms with Crippen molar-refractivity contribution in [3.8, 4) is 12.1 Å². The molecule has 1 unspecified atom stereocenters. The second kappa shape index (κ2) is 5.47. The summed E-state index contributed by atoms with van der Waals surface area (Å²) < 4.78 is 1.77. The van der Waals surface area contributed by atoms with E-state index in [4.69, 9.17) is 10.5 Å². The molecule has 2 heterocycles. The van der Waals surface area contributed by atoms with Crippen LogP contribution in [0.15, 0.2) is 6.33 Å². The van der Waals surface area contributed by atoms with Gasteiger partial charge in [0.25, 0.3) is 0 Å². The summed E-state index contributed by atoms with van der Waals surface area (Å²) in [6, 6.07) is 4.59. The molecule has 0 saturated carbocycles. The normalized spacial score (nSPS) is 18.8. The van der Waals surface area contributed by atoms with E-state index in [1.54, 1.807) is 10.9 Å². The van der Waals surface area contributed by atoms with Gasteiger partial charge in [-0.15, -0.1) is 0 Å². The number of hydrogen-bond donors (Lipinski definition) is 1. The Morgan fingerprint density at radius 1 is 1.47 bits per heavy atom. The Labute approximate surface area is 101 Å². The maximum absolute atomic E-state index is 8.96. The molecule has 0 amide bonds. The largest absolute Gasteiger partial charge is 0.321 e. The Hall–Kier alpha value is -1.85. The highest BCUT2D eigenvalue weighted by atomic mass is 15.1. The Morgan fingerprint density at radius 2 is 2.35 bits per heavy atom. The molecule has 5 nitrogen and oxygen atoms in total. The minimum absolute atomic E-state index is 0.228. The summed E-state index contributed by atoms with van der Waals surface area (Å²) in [6.45, 7) is 1.88. The minimum atomic E-state index is 0.228. The van der Waals surface area contributed by atoms with Crippen molar-refractivity contribution in [2.75, 3.05) is 6.54 Å². The van der Waals surface area contributed by atoms with Crippen LogP contribution in [0.5, 0.6) is 0 Å². The van der Waals surface area contributed by atoms with Gasteiger partial charge in [0.2, 0.25) is 0 Å². The standard InChI is InChI=1S/C12H15N5/c13-7-11-12(8-14)17(9-16-11)6-2-4-10-3-1-5-15-10/h9-10,15H,1-6H2. The minimum Gasteiger partial charge on any atom is -0.321 e. The van der Waals surface area contributed by atoms with Gasteiger partial charge in [-0.3, -0.25) is 0 Å². The quantitative estimate of drug-likeness (QED) is 0.840.